The van der Waals surface area contributed by atoms with Gasteiger partial charge in [0.2, 0.25) is 0 Å². The van der Waals surface area contributed by atoms with Crippen LogP contribution in [-0.4, -0.2) is 42.4 Å². The van der Waals surface area contributed by atoms with Gasteiger partial charge in [0.15, 0.2) is 0 Å². The minimum atomic E-state index is -1.18. The van der Waals surface area contributed by atoms with Gasteiger partial charge in [0.1, 0.15) is 12.1 Å². The van der Waals surface area contributed by atoms with Crippen LogP contribution in [0.1, 0.15) is 41.5 Å². The van der Waals surface area contributed by atoms with Crippen LogP contribution in [0, 0.1) is 5.92 Å². The summed E-state index contributed by atoms with van der Waals surface area (Å²) in [7, 11) is 0. The average molecular weight is 429 g/mol. The van der Waals surface area contributed by atoms with Crippen LogP contribution in [0.15, 0.2) is 84.9 Å². The van der Waals surface area contributed by atoms with Crippen molar-refractivity contribution in [2.75, 3.05) is 32.8 Å². The molecule has 3 nitrogen and oxygen atoms in total. The van der Waals surface area contributed by atoms with Crippen LogP contribution in [0.5, 0.6) is 0 Å². The number of fused-ring (bicyclic) bond motifs is 3. The minimum Gasteiger partial charge on any atom is -0.376 e. The number of ether oxygens (including phenoxy) is 1. The molecule has 0 amide bonds. The molecule has 0 saturated carbocycles. The van der Waals surface area contributed by atoms with E-state index < -0.39 is 5.60 Å². The molecule has 2 bridgehead atoms. The first-order chi connectivity index (χ1) is 15.7. The van der Waals surface area contributed by atoms with Crippen LogP contribution in [0.25, 0.3) is 0 Å². The van der Waals surface area contributed by atoms with Crippen LogP contribution >= 0.6 is 0 Å². The van der Waals surface area contributed by atoms with E-state index >= 15 is 0 Å². The first kappa shape index (κ1) is 21.4. The van der Waals surface area contributed by atoms with Crippen LogP contribution in [0.3, 0.4) is 0 Å². The lowest BCUT2D eigenvalue weighted by Crippen LogP contribution is -2.59. The van der Waals surface area contributed by atoms with Gasteiger partial charge in [-0.1, -0.05) is 84.9 Å². The summed E-state index contributed by atoms with van der Waals surface area (Å²) in [5.74, 6) is 1.000. The maximum absolute atomic E-state index is 11.9. The van der Waals surface area contributed by atoms with Crippen molar-refractivity contribution >= 4 is 0 Å². The van der Waals surface area contributed by atoms with E-state index in [4.69, 9.17) is 4.74 Å². The average Bonchev–Trinajstić information content (AvgIpc) is 2.89. The Morgan fingerprint density at radius 3 is 1.75 bits per heavy atom. The largest absolute Gasteiger partial charge is 0.376 e. The van der Waals surface area contributed by atoms with Gasteiger partial charge in [-0.3, -0.25) is 0 Å². The lowest BCUT2D eigenvalue weighted by Gasteiger charge is -2.49. The number of nitrogens with zero attached hydrogens (tertiary/aromatic N) is 1. The highest BCUT2D eigenvalue weighted by molar-refractivity contribution is 5.47. The lowest BCUT2D eigenvalue weighted by molar-refractivity contribution is -0.943. The van der Waals surface area contributed by atoms with E-state index in [1.807, 2.05) is 72.8 Å². The topological polar surface area (TPSA) is 29.5 Å². The standard InChI is InChI=1S/C29H34NO2/c31-29(26-7-3-1-4-8-26,27-9-5-2-6-10-27)28-13-11-25(12-14-28)23-32-22-21-30-18-15-24(16-19-30)17-20-30/h1-14,24,31H,15-23H2/q+1. The summed E-state index contributed by atoms with van der Waals surface area (Å²) in [4.78, 5) is 0. The molecule has 0 atom stereocenters. The van der Waals surface area contributed by atoms with Crippen LogP contribution in [-0.2, 0) is 16.9 Å². The first-order valence-electron chi connectivity index (χ1n) is 12.0. The minimum absolute atomic E-state index is 0.623. The normalized spacial score (nSPS) is 22.7. The molecule has 166 valence electrons. The maximum atomic E-state index is 11.9. The smallest absolute Gasteiger partial charge is 0.140 e. The van der Waals surface area contributed by atoms with Gasteiger partial charge in [0.05, 0.1) is 32.8 Å². The van der Waals surface area contributed by atoms with Crippen molar-refractivity contribution in [2.24, 2.45) is 5.92 Å². The zero-order valence-electron chi connectivity index (χ0n) is 18.8. The quantitative estimate of drug-likeness (QED) is 0.307. The first-order valence-corrected chi connectivity index (χ1v) is 12.0. The molecule has 3 heteroatoms. The predicted octanol–water partition coefficient (Wildman–Crippen LogP) is 5.12. The molecule has 0 radical (unpaired) electrons. The number of piperidine rings is 3. The monoisotopic (exact) mass is 428 g/mol. The van der Waals surface area contributed by atoms with Gasteiger partial charge in [0, 0.05) is 0 Å². The van der Waals surface area contributed by atoms with E-state index in [-0.39, 0.29) is 0 Å². The molecule has 0 aliphatic carbocycles. The second-order valence-electron chi connectivity index (χ2n) is 9.66. The van der Waals surface area contributed by atoms with E-state index in [1.54, 1.807) is 0 Å². The Labute approximate surface area is 191 Å². The van der Waals surface area contributed by atoms with Crippen molar-refractivity contribution in [3.05, 3.63) is 107 Å². The van der Waals surface area contributed by atoms with Gasteiger partial charge >= 0.3 is 0 Å². The molecule has 3 aliphatic rings. The number of quaternary nitrogens is 1. The Morgan fingerprint density at radius 1 is 0.719 bits per heavy atom. The summed E-state index contributed by atoms with van der Waals surface area (Å²) in [6, 6.07) is 28.1. The number of hydrogen-bond donors (Lipinski definition) is 1. The fourth-order valence-electron chi connectivity index (χ4n) is 5.62. The Bertz CT molecular complexity index is 939. The Balaban J connectivity index is 1.26. The predicted molar refractivity (Wildman–Crippen MR) is 128 cm³/mol. The van der Waals surface area contributed by atoms with E-state index in [1.165, 1.54) is 43.4 Å². The molecule has 3 aromatic rings. The summed E-state index contributed by atoms with van der Waals surface area (Å²) >= 11 is 0. The Kier molecular flexibility index (Phi) is 6.14. The summed E-state index contributed by atoms with van der Waals surface area (Å²) in [5.41, 5.74) is 2.57. The SMILES string of the molecule is OC(c1ccccc1)(c1ccccc1)c1ccc(COCC[N+]23CCC(CC2)CC3)cc1. The van der Waals surface area contributed by atoms with Crippen molar-refractivity contribution in [1.29, 1.82) is 0 Å². The molecule has 3 heterocycles. The highest BCUT2D eigenvalue weighted by Gasteiger charge is 2.39. The van der Waals surface area contributed by atoms with E-state index in [2.05, 4.69) is 12.1 Å². The summed E-state index contributed by atoms with van der Waals surface area (Å²) < 4.78 is 7.36. The Hall–Kier alpha value is -2.46. The highest BCUT2D eigenvalue weighted by Crippen LogP contribution is 2.37. The van der Waals surface area contributed by atoms with Crippen LogP contribution in [0.2, 0.25) is 0 Å². The molecule has 0 aromatic heterocycles. The number of benzene rings is 3. The number of aliphatic hydroxyl groups is 1. The van der Waals surface area contributed by atoms with Crippen molar-refractivity contribution in [2.45, 2.75) is 31.5 Å². The molecule has 32 heavy (non-hydrogen) atoms. The fraction of sp³-hybridized carbons (Fsp3) is 0.379. The third-order valence-corrected chi connectivity index (χ3v) is 7.77. The van der Waals surface area contributed by atoms with Gasteiger partial charge in [-0.05, 0) is 47.4 Å². The van der Waals surface area contributed by atoms with Gasteiger partial charge in [-0.25, -0.2) is 0 Å². The highest BCUT2D eigenvalue weighted by atomic mass is 16.5. The second-order valence-corrected chi connectivity index (χ2v) is 9.66. The van der Waals surface area contributed by atoms with Crippen LogP contribution in [0.4, 0.5) is 0 Å². The third kappa shape index (κ3) is 4.25. The van der Waals surface area contributed by atoms with Crippen molar-refractivity contribution in [3.8, 4) is 0 Å². The van der Waals surface area contributed by atoms with Crippen molar-refractivity contribution < 1.29 is 14.3 Å². The summed E-state index contributed by atoms with van der Waals surface area (Å²) in [6.45, 7) is 6.63. The lowest BCUT2D eigenvalue weighted by atomic mass is 9.80. The third-order valence-electron chi connectivity index (χ3n) is 7.77. The molecule has 3 saturated heterocycles. The summed E-state index contributed by atoms with van der Waals surface area (Å²) in [5, 5.41) is 11.9. The van der Waals surface area contributed by atoms with Crippen LogP contribution < -0.4 is 0 Å². The molecule has 0 spiro atoms. The summed E-state index contributed by atoms with van der Waals surface area (Å²) in [6.07, 6.45) is 4.23. The van der Waals surface area contributed by atoms with Crippen molar-refractivity contribution in [1.82, 2.24) is 0 Å². The number of rotatable bonds is 8. The second kappa shape index (κ2) is 9.19. The number of hydrogen-bond acceptors (Lipinski definition) is 2. The zero-order chi connectivity index (χ0) is 21.9. The zero-order valence-corrected chi connectivity index (χ0v) is 18.8. The van der Waals surface area contributed by atoms with Gasteiger partial charge in [0.25, 0.3) is 0 Å². The molecule has 0 unspecified atom stereocenters. The molecule has 3 aromatic carbocycles. The molecule has 3 fully saturated rings. The van der Waals surface area contributed by atoms with Gasteiger partial charge < -0.3 is 14.3 Å². The fourth-order valence-corrected chi connectivity index (χ4v) is 5.62. The molecular weight excluding hydrogens is 394 g/mol. The molecule has 3 aliphatic heterocycles. The van der Waals surface area contributed by atoms with Gasteiger partial charge in [-0.15, -0.1) is 0 Å². The molecule has 1 N–H and O–H groups in total. The maximum Gasteiger partial charge on any atom is 0.140 e. The Morgan fingerprint density at radius 2 is 1.22 bits per heavy atom. The molecular formula is C29H34NO2+. The van der Waals surface area contributed by atoms with Crippen molar-refractivity contribution in [3.63, 3.8) is 0 Å². The van der Waals surface area contributed by atoms with E-state index in [0.717, 1.165) is 41.3 Å². The molecule has 6 rings (SSSR count). The van der Waals surface area contributed by atoms with E-state index in [0.29, 0.717) is 6.61 Å². The van der Waals surface area contributed by atoms with E-state index in [9.17, 15) is 5.11 Å². The van der Waals surface area contributed by atoms with Gasteiger partial charge in [-0.2, -0.15) is 0 Å².